The van der Waals surface area contributed by atoms with Crippen molar-refractivity contribution in [2.45, 2.75) is 6.61 Å². The van der Waals surface area contributed by atoms with E-state index in [-0.39, 0.29) is 12.4 Å². The van der Waals surface area contributed by atoms with Crippen molar-refractivity contribution in [1.82, 2.24) is 20.6 Å². The molecule has 3 aromatic carbocycles. The molecule has 0 amide bonds. The number of nitrogens with zero attached hydrogens (tertiary/aromatic N) is 3. The van der Waals surface area contributed by atoms with Gasteiger partial charge in [0.05, 0.1) is 8.95 Å². The quantitative estimate of drug-likeness (QED) is 0.413. The minimum atomic E-state index is -0.0631. The summed E-state index contributed by atoms with van der Waals surface area (Å²) < 4.78 is 7.03. The van der Waals surface area contributed by atoms with E-state index in [2.05, 4.69) is 52.5 Å². The Hall–Kier alpha value is -2.58. The fourth-order valence-corrected chi connectivity index (χ4v) is 4.12. The SMILES string of the molecule is O=C(c1cc(Br)c(OCc2nn[nH]n2)c(Br)c1)c1ccc2ccccc2c1. The van der Waals surface area contributed by atoms with E-state index in [4.69, 9.17) is 4.74 Å². The van der Waals surface area contributed by atoms with Crippen molar-refractivity contribution in [2.24, 2.45) is 0 Å². The topological polar surface area (TPSA) is 80.8 Å². The zero-order chi connectivity index (χ0) is 18.8. The van der Waals surface area contributed by atoms with Crippen LogP contribution in [0.25, 0.3) is 10.8 Å². The number of rotatable bonds is 5. The lowest BCUT2D eigenvalue weighted by atomic mass is 10.00. The monoisotopic (exact) mass is 486 g/mol. The molecule has 0 atom stereocenters. The fourth-order valence-electron chi connectivity index (χ4n) is 2.71. The van der Waals surface area contributed by atoms with Gasteiger partial charge in [-0.05, 0) is 60.8 Å². The number of carbonyl (C=O) groups is 1. The Labute approximate surface area is 171 Å². The van der Waals surface area contributed by atoms with Crippen LogP contribution < -0.4 is 4.74 Å². The van der Waals surface area contributed by atoms with Crippen LogP contribution in [0.3, 0.4) is 0 Å². The largest absolute Gasteiger partial charge is 0.483 e. The molecule has 27 heavy (non-hydrogen) atoms. The van der Waals surface area contributed by atoms with E-state index in [1.165, 1.54) is 0 Å². The highest BCUT2D eigenvalue weighted by molar-refractivity contribution is 9.11. The van der Waals surface area contributed by atoms with Crippen molar-refractivity contribution in [1.29, 1.82) is 0 Å². The van der Waals surface area contributed by atoms with Gasteiger partial charge < -0.3 is 4.74 Å². The zero-order valence-electron chi connectivity index (χ0n) is 13.8. The first-order valence-corrected chi connectivity index (χ1v) is 9.58. The summed E-state index contributed by atoms with van der Waals surface area (Å²) in [5.74, 6) is 0.937. The number of ether oxygens (including phenoxy) is 1. The zero-order valence-corrected chi connectivity index (χ0v) is 17.0. The number of halogens is 2. The van der Waals surface area contributed by atoms with Gasteiger partial charge in [0, 0.05) is 11.1 Å². The van der Waals surface area contributed by atoms with E-state index >= 15 is 0 Å². The van der Waals surface area contributed by atoms with Crippen LogP contribution in [0.5, 0.6) is 5.75 Å². The lowest BCUT2D eigenvalue weighted by Gasteiger charge is -2.11. The second-order valence-electron chi connectivity index (χ2n) is 5.78. The molecule has 1 N–H and O–H groups in total. The van der Waals surface area contributed by atoms with Gasteiger partial charge in [0.1, 0.15) is 5.75 Å². The van der Waals surface area contributed by atoms with Gasteiger partial charge in [-0.25, -0.2) is 0 Å². The molecule has 1 aromatic heterocycles. The van der Waals surface area contributed by atoms with Crippen molar-refractivity contribution in [3.05, 3.63) is 80.5 Å². The second kappa shape index (κ2) is 7.58. The van der Waals surface area contributed by atoms with Gasteiger partial charge >= 0.3 is 0 Å². The lowest BCUT2D eigenvalue weighted by molar-refractivity contribution is 0.103. The van der Waals surface area contributed by atoms with E-state index in [9.17, 15) is 4.79 Å². The average molecular weight is 488 g/mol. The Morgan fingerprint density at radius 3 is 2.41 bits per heavy atom. The second-order valence-corrected chi connectivity index (χ2v) is 7.49. The van der Waals surface area contributed by atoms with Gasteiger partial charge in [0.15, 0.2) is 12.4 Å². The first kappa shape index (κ1) is 17.8. The molecule has 0 aliphatic carbocycles. The third-order valence-corrected chi connectivity index (χ3v) is 5.19. The molecule has 0 radical (unpaired) electrons. The van der Waals surface area contributed by atoms with Gasteiger partial charge in [-0.2, -0.15) is 5.21 Å². The molecule has 0 aliphatic heterocycles. The van der Waals surface area contributed by atoms with E-state index in [1.54, 1.807) is 12.1 Å². The summed E-state index contributed by atoms with van der Waals surface area (Å²) in [5, 5.41) is 15.7. The summed E-state index contributed by atoms with van der Waals surface area (Å²) in [6, 6.07) is 17.1. The van der Waals surface area contributed by atoms with Crippen LogP contribution in [-0.2, 0) is 6.61 Å². The highest BCUT2D eigenvalue weighted by Gasteiger charge is 2.16. The molecule has 8 heteroatoms. The van der Waals surface area contributed by atoms with Gasteiger partial charge in [-0.15, -0.1) is 10.2 Å². The van der Waals surface area contributed by atoms with Crippen LogP contribution in [0.1, 0.15) is 21.7 Å². The number of carbonyl (C=O) groups excluding carboxylic acids is 1. The van der Waals surface area contributed by atoms with Crippen LogP contribution >= 0.6 is 31.9 Å². The molecule has 134 valence electrons. The number of nitrogens with one attached hydrogen (secondary N) is 1. The van der Waals surface area contributed by atoms with Crippen LogP contribution in [-0.4, -0.2) is 26.4 Å². The molecule has 4 rings (SSSR count). The number of aromatic nitrogens is 4. The summed E-state index contributed by atoms with van der Waals surface area (Å²) in [7, 11) is 0. The van der Waals surface area contributed by atoms with E-state index in [0.717, 1.165) is 10.8 Å². The summed E-state index contributed by atoms with van der Waals surface area (Å²) in [4.78, 5) is 12.9. The standard InChI is InChI=1S/C19H12Br2N4O2/c20-15-8-14(9-16(21)19(15)27-10-17-22-24-25-23-17)18(26)13-6-5-11-3-1-2-4-12(11)7-13/h1-9H,10H2,(H,22,23,24,25). The third-order valence-electron chi connectivity index (χ3n) is 4.01. The van der Waals surface area contributed by atoms with Gasteiger partial charge in [-0.1, -0.05) is 41.6 Å². The van der Waals surface area contributed by atoms with Crippen LogP contribution in [0, 0.1) is 0 Å². The van der Waals surface area contributed by atoms with Crippen LogP contribution in [0.4, 0.5) is 0 Å². The fraction of sp³-hybridized carbons (Fsp3) is 0.0526. The van der Waals surface area contributed by atoms with Gasteiger partial charge in [-0.3, -0.25) is 4.79 Å². The number of hydrogen-bond acceptors (Lipinski definition) is 5. The molecule has 0 unspecified atom stereocenters. The number of hydrogen-bond donors (Lipinski definition) is 1. The predicted molar refractivity (Wildman–Crippen MR) is 108 cm³/mol. The van der Waals surface area contributed by atoms with Crippen LogP contribution in [0.2, 0.25) is 0 Å². The van der Waals surface area contributed by atoms with E-state index in [0.29, 0.717) is 31.6 Å². The molecule has 4 aromatic rings. The molecule has 6 nitrogen and oxygen atoms in total. The van der Waals surface area contributed by atoms with Gasteiger partial charge in [0.2, 0.25) is 5.82 Å². The van der Waals surface area contributed by atoms with Crippen molar-refractivity contribution >= 4 is 48.4 Å². The Bertz CT molecular complexity index is 1110. The van der Waals surface area contributed by atoms with Crippen molar-refractivity contribution in [3.63, 3.8) is 0 Å². The number of ketones is 1. The Morgan fingerprint density at radius 2 is 1.70 bits per heavy atom. The number of aromatic amines is 1. The smallest absolute Gasteiger partial charge is 0.211 e. The summed E-state index contributed by atoms with van der Waals surface area (Å²) >= 11 is 6.94. The Morgan fingerprint density at radius 1 is 0.963 bits per heavy atom. The predicted octanol–water partition coefficient (Wildman–Crippen LogP) is 4.69. The molecule has 0 saturated carbocycles. The maximum absolute atomic E-state index is 12.9. The van der Waals surface area contributed by atoms with Gasteiger partial charge in [0.25, 0.3) is 0 Å². The van der Waals surface area contributed by atoms with E-state index in [1.807, 2.05) is 42.5 Å². The minimum absolute atomic E-state index is 0.0631. The summed E-state index contributed by atoms with van der Waals surface area (Å²) in [5.41, 5.74) is 1.18. The number of H-pyrrole nitrogens is 1. The lowest BCUT2D eigenvalue weighted by Crippen LogP contribution is -2.04. The third kappa shape index (κ3) is 3.77. The van der Waals surface area contributed by atoms with Crippen molar-refractivity contribution in [3.8, 4) is 5.75 Å². The molecule has 0 fully saturated rings. The first-order chi connectivity index (χ1) is 13.1. The molecule has 0 saturated heterocycles. The maximum Gasteiger partial charge on any atom is 0.211 e. The first-order valence-electron chi connectivity index (χ1n) is 7.99. The van der Waals surface area contributed by atoms with Crippen molar-refractivity contribution < 1.29 is 9.53 Å². The maximum atomic E-state index is 12.9. The van der Waals surface area contributed by atoms with Crippen LogP contribution in [0.15, 0.2) is 63.5 Å². The summed E-state index contributed by atoms with van der Waals surface area (Å²) in [6.07, 6.45) is 0. The minimum Gasteiger partial charge on any atom is -0.483 e. The number of benzene rings is 3. The normalized spacial score (nSPS) is 10.9. The average Bonchev–Trinajstić information content (AvgIpc) is 3.20. The summed E-state index contributed by atoms with van der Waals surface area (Å²) in [6.45, 7) is 0.158. The highest BCUT2D eigenvalue weighted by Crippen LogP contribution is 2.36. The molecular formula is C19H12Br2N4O2. The molecule has 0 bridgehead atoms. The van der Waals surface area contributed by atoms with Crippen molar-refractivity contribution in [2.75, 3.05) is 0 Å². The Kier molecular flexibility index (Phi) is 5.00. The number of fused-ring (bicyclic) bond motifs is 1. The Balaban J connectivity index is 1.61. The molecular weight excluding hydrogens is 476 g/mol. The van der Waals surface area contributed by atoms with E-state index < -0.39 is 0 Å². The molecule has 1 heterocycles. The number of tetrazole rings is 1. The molecule has 0 aliphatic rings. The molecule has 0 spiro atoms. The highest BCUT2D eigenvalue weighted by atomic mass is 79.9.